The molecule has 1 aliphatic rings. The van der Waals surface area contributed by atoms with Crippen LogP contribution in [-0.2, 0) is 16.6 Å². The predicted molar refractivity (Wildman–Crippen MR) is 117 cm³/mol. The van der Waals surface area contributed by atoms with Gasteiger partial charge in [-0.25, -0.2) is 8.42 Å². The molecule has 0 radical (unpaired) electrons. The minimum atomic E-state index is -3.76. The van der Waals surface area contributed by atoms with Crippen LogP contribution in [0.15, 0.2) is 58.2 Å². The molecule has 0 amide bonds. The molecule has 2 aromatic carbocycles. The minimum absolute atomic E-state index is 0.0538. The lowest BCUT2D eigenvalue weighted by atomic mass is 10.1. The third-order valence-electron chi connectivity index (χ3n) is 5.80. The third-order valence-corrected chi connectivity index (χ3v) is 7.71. The van der Waals surface area contributed by atoms with Crippen molar-refractivity contribution in [3.8, 4) is 5.75 Å². The van der Waals surface area contributed by atoms with E-state index in [9.17, 15) is 13.2 Å². The SMILES string of the molecule is COc1ccc(S(=O)(=O)N(Cc2cc3cc(C)ccc3[nH]c2=O)C2CCCC2)cc1. The van der Waals surface area contributed by atoms with Crippen molar-refractivity contribution in [3.05, 3.63) is 70.0 Å². The molecule has 6 nitrogen and oxygen atoms in total. The monoisotopic (exact) mass is 426 g/mol. The predicted octanol–water partition coefficient (Wildman–Crippen LogP) is 3.98. The molecule has 158 valence electrons. The first-order valence-corrected chi connectivity index (χ1v) is 11.6. The van der Waals surface area contributed by atoms with Gasteiger partial charge in [0.15, 0.2) is 0 Å². The number of ether oxygens (including phenoxy) is 1. The number of nitrogens with one attached hydrogen (secondary N) is 1. The maximum absolute atomic E-state index is 13.5. The number of H-pyrrole nitrogens is 1. The van der Waals surface area contributed by atoms with Crippen molar-refractivity contribution < 1.29 is 13.2 Å². The molecule has 4 rings (SSSR count). The fourth-order valence-electron chi connectivity index (χ4n) is 4.14. The number of hydrogen-bond acceptors (Lipinski definition) is 4. The molecule has 3 aromatic rings. The third kappa shape index (κ3) is 4.00. The van der Waals surface area contributed by atoms with E-state index in [-0.39, 0.29) is 23.0 Å². The highest BCUT2D eigenvalue weighted by molar-refractivity contribution is 7.89. The van der Waals surface area contributed by atoms with Crippen LogP contribution < -0.4 is 10.3 Å². The zero-order chi connectivity index (χ0) is 21.3. The van der Waals surface area contributed by atoms with Gasteiger partial charge in [0.1, 0.15) is 5.75 Å². The minimum Gasteiger partial charge on any atom is -0.497 e. The number of pyridine rings is 1. The van der Waals surface area contributed by atoms with Crippen LogP contribution in [0.25, 0.3) is 10.9 Å². The molecule has 1 aliphatic carbocycles. The smallest absolute Gasteiger partial charge is 0.252 e. The zero-order valence-electron chi connectivity index (χ0n) is 17.2. The molecule has 0 bridgehead atoms. The van der Waals surface area contributed by atoms with Crippen LogP contribution >= 0.6 is 0 Å². The number of nitrogens with zero attached hydrogens (tertiary/aromatic N) is 1. The summed E-state index contributed by atoms with van der Waals surface area (Å²) in [5.74, 6) is 0.600. The van der Waals surface area contributed by atoms with Crippen molar-refractivity contribution in [2.24, 2.45) is 0 Å². The zero-order valence-corrected chi connectivity index (χ0v) is 18.0. The number of methoxy groups -OCH3 is 1. The van der Waals surface area contributed by atoms with Crippen molar-refractivity contribution in [1.82, 2.24) is 9.29 Å². The maximum Gasteiger partial charge on any atom is 0.252 e. The molecule has 0 spiro atoms. The molecule has 30 heavy (non-hydrogen) atoms. The molecule has 0 saturated heterocycles. The van der Waals surface area contributed by atoms with Gasteiger partial charge < -0.3 is 9.72 Å². The van der Waals surface area contributed by atoms with Gasteiger partial charge in [0.2, 0.25) is 10.0 Å². The highest BCUT2D eigenvalue weighted by Gasteiger charge is 2.34. The molecule has 7 heteroatoms. The van der Waals surface area contributed by atoms with Crippen molar-refractivity contribution in [2.75, 3.05) is 7.11 Å². The quantitative estimate of drug-likeness (QED) is 0.647. The van der Waals surface area contributed by atoms with Crippen LogP contribution in [-0.4, -0.2) is 30.9 Å². The van der Waals surface area contributed by atoms with Gasteiger partial charge in [0, 0.05) is 23.7 Å². The van der Waals surface area contributed by atoms with Crippen LogP contribution in [0.2, 0.25) is 0 Å². The van der Waals surface area contributed by atoms with E-state index in [1.54, 1.807) is 31.4 Å². The topological polar surface area (TPSA) is 79.5 Å². The van der Waals surface area contributed by atoms with Gasteiger partial charge in [0.05, 0.1) is 12.0 Å². The van der Waals surface area contributed by atoms with E-state index in [0.717, 1.165) is 42.1 Å². The van der Waals surface area contributed by atoms with E-state index in [4.69, 9.17) is 4.74 Å². The first kappa shape index (κ1) is 20.6. The molecule has 0 unspecified atom stereocenters. The Labute approximate surface area is 176 Å². The standard InChI is InChI=1S/C23H26N2O4S/c1-16-7-12-22-17(13-16)14-18(23(26)24-22)15-25(19-5-3-4-6-19)30(27,28)21-10-8-20(29-2)9-11-21/h7-14,19H,3-6,15H2,1-2H3,(H,24,26). The van der Waals surface area contributed by atoms with Gasteiger partial charge in [-0.05, 0) is 67.6 Å². The number of hydrogen-bond donors (Lipinski definition) is 1. The molecule has 1 fully saturated rings. The lowest BCUT2D eigenvalue weighted by molar-refractivity contribution is 0.315. The fraction of sp³-hybridized carbons (Fsp3) is 0.348. The Morgan fingerprint density at radius 3 is 2.43 bits per heavy atom. The van der Waals surface area contributed by atoms with Crippen molar-refractivity contribution in [3.63, 3.8) is 0 Å². The van der Waals surface area contributed by atoms with E-state index in [2.05, 4.69) is 4.98 Å². The Bertz CT molecular complexity index is 1210. The number of aromatic nitrogens is 1. The number of aromatic amines is 1. The molecule has 0 atom stereocenters. The summed E-state index contributed by atoms with van der Waals surface area (Å²) in [5, 5.41) is 0.901. The molecule has 1 saturated carbocycles. The summed E-state index contributed by atoms with van der Waals surface area (Å²) in [4.78, 5) is 15.8. The van der Waals surface area contributed by atoms with Crippen LogP contribution in [0, 0.1) is 6.92 Å². The Balaban J connectivity index is 1.75. The number of benzene rings is 2. The van der Waals surface area contributed by atoms with Gasteiger partial charge in [-0.1, -0.05) is 24.5 Å². The van der Waals surface area contributed by atoms with Crippen LogP contribution in [0.4, 0.5) is 0 Å². The normalized spacial score (nSPS) is 15.2. The molecular weight excluding hydrogens is 400 g/mol. The molecule has 0 aliphatic heterocycles. The molecule has 1 heterocycles. The Morgan fingerprint density at radius 2 is 1.77 bits per heavy atom. The highest BCUT2D eigenvalue weighted by Crippen LogP contribution is 2.31. The maximum atomic E-state index is 13.5. The summed E-state index contributed by atoms with van der Waals surface area (Å²) in [5.41, 5.74) is 2.04. The lowest BCUT2D eigenvalue weighted by Crippen LogP contribution is -2.39. The summed E-state index contributed by atoms with van der Waals surface area (Å²) < 4.78 is 33.7. The van der Waals surface area contributed by atoms with Gasteiger partial charge in [-0.2, -0.15) is 4.31 Å². The van der Waals surface area contributed by atoms with E-state index < -0.39 is 10.0 Å². The van der Waals surface area contributed by atoms with Gasteiger partial charge >= 0.3 is 0 Å². The van der Waals surface area contributed by atoms with Crippen LogP contribution in [0.3, 0.4) is 0 Å². The first-order valence-electron chi connectivity index (χ1n) is 10.2. The summed E-state index contributed by atoms with van der Waals surface area (Å²) in [6.07, 6.45) is 3.60. The summed E-state index contributed by atoms with van der Waals surface area (Å²) >= 11 is 0. The van der Waals surface area contributed by atoms with Crippen LogP contribution in [0.1, 0.15) is 36.8 Å². The average Bonchev–Trinajstić information content (AvgIpc) is 3.26. The fourth-order valence-corrected chi connectivity index (χ4v) is 5.81. The summed E-state index contributed by atoms with van der Waals surface area (Å²) in [6, 6.07) is 13.9. The molecule has 1 aromatic heterocycles. The number of fused-ring (bicyclic) bond motifs is 1. The van der Waals surface area contributed by atoms with E-state index >= 15 is 0 Å². The van der Waals surface area contributed by atoms with Crippen LogP contribution in [0.5, 0.6) is 5.75 Å². The van der Waals surface area contributed by atoms with Gasteiger partial charge in [0.25, 0.3) is 5.56 Å². The summed E-state index contributed by atoms with van der Waals surface area (Å²) in [7, 11) is -2.22. The van der Waals surface area contributed by atoms with Gasteiger partial charge in [-0.3, -0.25) is 4.79 Å². The van der Waals surface area contributed by atoms with Crippen molar-refractivity contribution >= 4 is 20.9 Å². The largest absolute Gasteiger partial charge is 0.497 e. The molecular formula is C23H26N2O4S. The average molecular weight is 427 g/mol. The molecule has 1 N–H and O–H groups in total. The summed E-state index contributed by atoms with van der Waals surface area (Å²) in [6.45, 7) is 2.04. The van der Waals surface area contributed by atoms with Gasteiger partial charge in [-0.15, -0.1) is 0 Å². The van der Waals surface area contributed by atoms with Crippen molar-refractivity contribution in [2.45, 2.75) is 50.1 Å². The second-order valence-electron chi connectivity index (χ2n) is 7.88. The second-order valence-corrected chi connectivity index (χ2v) is 9.77. The van der Waals surface area contributed by atoms with E-state index in [0.29, 0.717) is 11.3 Å². The lowest BCUT2D eigenvalue weighted by Gasteiger charge is -2.28. The Hall–Kier alpha value is -2.64. The Morgan fingerprint density at radius 1 is 1.07 bits per heavy atom. The first-order chi connectivity index (χ1) is 14.4. The highest BCUT2D eigenvalue weighted by atomic mass is 32.2. The van der Waals surface area contributed by atoms with E-state index in [1.807, 2.05) is 31.2 Å². The van der Waals surface area contributed by atoms with E-state index in [1.165, 1.54) is 4.31 Å². The Kier molecular flexibility index (Phi) is 5.66. The second kappa shape index (κ2) is 8.24. The number of rotatable bonds is 6. The number of sulfonamides is 1. The van der Waals surface area contributed by atoms with Crippen molar-refractivity contribution in [1.29, 1.82) is 0 Å². The number of aryl methyl sites for hydroxylation is 1.